The number of hydrogen-bond acceptors (Lipinski definition) is 4. The zero-order valence-electron chi connectivity index (χ0n) is 15.6. The number of carbonyl (C=O) groups excluding carboxylic acids is 1. The molecule has 0 bridgehead atoms. The molecule has 0 saturated heterocycles. The van der Waals surface area contributed by atoms with E-state index in [1.807, 2.05) is 0 Å². The largest absolute Gasteiger partial charge is 0.466 e. The highest BCUT2D eigenvalue weighted by atomic mass is 16.5. The van der Waals surface area contributed by atoms with Crippen LogP contribution in [-0.2, 0) is 16.1 Å². The van der Waals surface area contributed by atoms with E-state index in [0.29, 0.717) is 12.2 Å². The Hall–Kier alpha value is -1.85. The van der Waals surface area contributed by atoms with E-state index < -0.39 is 11.2 Å². The Balaban J connectivity index is 2.07. The van der Waals surface area contributed by atoms with Crippen LogP contribution in [0.3, 0.4) is 0 Å². The monoisotopic (exact) mass is 352 g/mol. The molecule has 1 aromatic heterocycles. The highest BCUT2D eigenvalue weighted by Crippen LogP contribution is 2.09. The van der Waals surface area contributed by atoms with Crippen molar-refractivity contribution in [2.75, 3.05) is 6.61 Å². The summed E-state index contributed by atoms with van der Waals surface area (Å²) in [5, 5.41) is 0. The summed E-state index contributed by atoms with van der Waals surface area (Å²) in [7, 11) is 0. The van der Waals surface area contributed by atoms with Gasteiger partial charge in [-0.3, -0.25) is 19.1 Å². The Morgan fingerprint density at radius 2 is 1.64 bits per heavy atom. The van der Waals surface area contributed by atoms with E-state index in [1.54, 1.807) is 6.92 Å². The first-order chi connectivity index (χ1) is 12.0. The molecule has 6 nitrogen and oxygen atoms in total. The lowest BCUT2D eigenvalue weighted by molar-refractivity contribution is -0.144. The topological polar surface area (TPSA) is 81.2 Å². The van der Waals surface area contributed by atoms with Crippen LogP contribution in [0, 0.1) is 6.92 Å². The zero-order valence-corrected chi connectivity index (χ0v) is 15.6. The molecule has 25 heavy (non-hydrogen) atoms. The van der Waals surface area contributed by atoms with Gasteiger partial charge in [0.2, 0.25) is 0 Å². The molecule has 0 spiro atoms. The van der Waals surface area contributed by atoms with Crippen molar-refractivity contribution in [1.29, 1.82) is 0 Å². The van der Waals surface area contributed by atoms with Gasteiger partial charge in [-0.05, 0) is 13.3 Å². The fraction of sp³-hybridized carbons (Fsp3) is 0.737. The normalized spacial score (nSPS) is 10.8. The summed E-state index contributed by atoms with van der Waals surface area (Å²) in [6, 6.07) is 0. The minimum absolute atomic E-state index is 0.128. The molecule has 0 aliphatic heterocycles. The molecule has 0 atom stereocenters. The Morgan fingerprint density at radius 3 is 2.28 bits per heavy atom. The first-order valence-electron chi connectivity index (χ1n) is 9.50. The number of aryl methyl sites for hydroxylation is 2. The third kappa shape index (κ3) is 9.27. The standard InChI is InChI=1S/C19H32N2O4/c1-3-4-5-6-7-8-9-10-11-14-25-17(22)12-13-21-15-16(2)18(23)20-19(21)24/h15H,3-14H2,1-2H3,(H,20,23,24). The third-order valence-electron chi connectivity index (χ3n) is 4.26. The van der Waals surface area contributed by atoms with E-state index in [4.69, 9.17) is 4.74 Å². The van der Waals surface area contributed by atoms with Crippen molar-refractivity contribution in [3.8, 4) is 0 Å². The van der Waals surface area contributed by atoms with Gasteiger partial charge in [0.05, 0.1) is 13.0 Å². The van der Waals surface area contributed by atoms with Crippen LogP contribution < -0.4 is 11.2 Å². The van der Waals surface area contributed by atoms with Crippen LogP contribution in [0.4, 0.5) is 0 Å². The molecule has 0 saturated carbocycles. The van der Waals surface area contributed by atoms with Crippen molar-refractivity contribution in [2.24, 2.45) is 0 Å². The van der Waals surface area contributed by atoms with Gasteiger partial charge in [0, 0.05) is 18.3 Å². The lowest BCUT2D eigenvalue weighted by Gasteiger charge is -2.07. The summed E-state index contributed by atoms with van der Waals surface area (Å²) in [5.41, 5.74) is -0.445. The predicted molar refractivity (Wildman–Crippen MR) is 98.9 cm³/mol. The summed E-state index contributed by atoms with van der Waals surface area (Å²) >= 11 is 0. The van der Waals surface area contributed by atoms with Gasteiger partial charge in [-0.2, -0.15) is 0 Å². The van der Waals surface area contributed by atoms with Crippen molar-refractivity contribution in [3.05, 3.63) is 32.6 Å². The first kappa shape index (κ1) is 21.2. The average molecular weight is 352 g/mol. The Bertz CT molecular complexity index is 619. The maximum atomic E-state index is 11.7. The number of aromatic nitrogens is 2. The summed E-state index contributed by atoms with van der Waals surface area (Å²) in [6.45, 7) is 4.50. The quantitative estimate of drug-likeness (QED) is 0.436. The summed E-state index contributed by atoms with van der Waals surface area (Å²) in [4.78, 5) is 36.8. The summed E-state index contributed by atoms with van der Waals surface area (Å²) in [5.74, 6) is -0.310. The average Bonchev–Trinajstić information content (AvgIpc) is 2.58. The lowest BCUT2D eigenvalue weighted by Crippen LogP contribution is -2.31. The lowest BCUT2D eigenvalue weighted by atomic mass is 10.1. The highest BCUT2D eigenvalue weighted by Gasteiger charge is 2.06. The second-order valence-electron chi connectivity index (χ2n) is 6.56. The van der Waals surface area contributed by atoms with Gasteiger partial charge in [0.1, 0.15) is 0 Å². The molecular weight excluding hydrogens is 320 g/mol. The molecule has 0 aliphatic rings. The predicted octanol–water partition coefficient (Wildman–Crippen LogP) is 3.31. The molecule has 0 amide bonds. The van der Waals surface area contributed by atoms with Gasteiger partial charge in [0.15, 0.2) is 0 Å². The molecular formula is C19H32N2O4. The number of H-pyrrole nitrogens is 1. The van der Waals surface area contributed by atoms with Crippen molar-refractivity contribution in [3.63, 3.8) is 0 Å². The van der Waals surface area contributed by atoms with Gasteiger partial charge in [0.25, 0.3) is 5.56 Å². The molecule has 0 radical (unpaired) electrons. The molecule has 142 valence electrons. The van der Waals surface area contributed by atoms with Gasteiger partial charge in [-0.25, -0.2) is 4.79 Å². The Morgan fingerprint density at radius 1 is 1.04 bits per heavy atom. The van der Waals surface area contributed by atoms with Crippen molar-refractivity contribution < 1.29 is 9.53 Å². The third-order valence-corrected chi connectivity index (χ3v) is 4.26. The number of esters is 1. The van der Waals surface area contributed by atoms with Crippen LogP contribution in [-0.4, -0.2) is 22.1 Å². The molecule has 6 heteroatoms. The molecule has 0 fully saturated rings. The van der Waals surface area contributed by atoms with E-state index in [2.05, 4.69) is 11.9 Å². The van der Waals surface area contributed by atoms with Gasteiger partial charge < -0.3 is 4.74 Å². The molecule has 1 rings (SSSR count). The summed E-state index contributed by atoms with van der Waals surface area (Å²) in [6.07, 6.45) is 12.6. The number of nitrogens with zero attached hydrogens (tertiary/aromatic N) is 1. The van der Waals surface area contributed by atoms with Crippen molar-refractivity contribution in [1.82, 2.24) is 9.55 Å². The number of rotatable bonds is 13. The van der Waals surface area contributed by atoms with Crippen LogP contribution in [0.2, 0.25) is 0 Å². The van der Waals surface area contributed by atoms with Crippen molar-refractivity contribution >= 4 is 5.97 Å². The summed E-state index contributed by atoms with van der Waals surface area (Å²) < 4.78 is 6.52. The van der Waals surface area contributed by atoms with Gasteiger partial charge in [-0.15, -0.1) is 0 Å². The number of hydrogen-bond donors (Lipinski definition) is 1. The molecule has 1 aromatic rings. The number of nitrogens with one attached hydrogen (secondary N) is 1. The van der Waals surface area contributed by atoms with Crippen molar-refractivity contribution in [2.45, 2.75) is 84.6 Å². The number of ether oxygens (including phenoxy) is 1. The second kappa shape index (κ2) is 12.5. The maximum absolute atomic E-state index is 11.7. The SMILES string of the molecule is CCCCCCCCCCCOC(=O)CCn1cc(C)c(=O)[nH]c1=O. The first-order valence-corrected chi connectivity index (χ1v) is 9.50. The van der Waals surface area contributed by atoms with Crippen LogP contribution in [0.5, 0.6) is 0 Å². The number of carbonyl (C=O) groups is 1. The van der Waals surface area contributed by atoms with E-state index in [1.165, 1.54) is 55.7 Å². The Labute approximate surface area is 149 Å². The van der Waals surface area contributed by atoms with Crippen LogP contribution in [0.1, 0.15) is 76.7 Å². The van der Waals surface area contributed by atoms with Gasteiger partial charge >= 0.3 is 11.7 Å². The molecule has 1 heterocycles. The van der Waals surface area contributed by atoms with Crippen LogP contribution in [0.15, 0.2) is 15.8 Å². The number of aromatic amines is 1. The minimum atomic E-state index is -0.498. The molecule has 0 unspecified atom stereocenters. The van der Waals surface area contributed by atoms with Crippen LogP contribution in [0.25, 0.3) is 0 Å². The molecule has 1 N–H and O–H groups in total. The fourth-order valence-corrected chi connectivity index (χ4v) is 2.67. The fourth-order valence-electron chi connectivity index (χ4n) is 2.67. The van der Waals surface area contributed by atoms with Crippen LogP contribution >= 0.6 is 0 Å². The van der Waals surface area contributed by atoms with E-state index in [0.717, 1.165) is 12.8 Å². The smallest absolute Gasteiger partial charge is 0.328 e. The molecule has 0 aromatic carbocycles. The second-order valence-corrected chi connectivity index (χ2v) is 6.56. The highest BCUT2D eigenvalue weighted by molar-refractivity contribution is 5.69. The van der Waals surface area contributed by atoms with E-state index in [-0.39, 0.29) is 18.9 Å². The van der Waals surface area contributed by atoms with E-state index >= 15 is 0 Å². The molecule has 0 aliphatic carbocycles. The number of unbranched alkanes of at least 4 members (excludes halogenated alkanes) is 8. The zero-order chi connectivity index (χ0) is 18.5. The minimum Gasteiger partial charge on any atom is -0.466 e. The maximum Gasteiger partial charge on any atom is 0.328 e. The van der Waals surface area contributed by atoms with Gasteiger partial charge in [-0.1, -0.05) is 58.3 Å². The Kier molecular flexibility index (Phi) is 10.6. The van der Waals surface area contributed by atoms with E-state index in [9.17, 15) is 14.4 Å².